The molecule has 2 N–H and O–H groups in total. The van der Waals surface area contributed by atoms with E-state index in [1.54, 1.807) is 0 Å². The Bertz CT molecular complexity index is 432. The van der Waals surface area contributed by atoms with Crippen molar-refractivity contribution < 1.29 is 9.90 Å². The number of carboxylic acid groups (broad SMARTS) is 1. The molecule has 1 unspecified atom stereocenters. The number of hydrogen-bond acceptors (Lipinski definition) is 2. The Balaban J connectivity index is 2.20. The van der Waals surface area contributed by atoms with Crippen LogP contribution < -0.4 is 5.32 Å². The number of hydrogen-bond donors (Lipinski definition) is 2. The highest BCUT2D eigenvalue weighted by Crippen LogP contribution is 2.35. The molecule has 17 heavy (non-hydrogen) atoms. The number of benzene rings is 1. The number of carbonyl (C=O) groups is 1. The van der Waals surface area contributed by atoms with Crippen LogP contribution in [0.3, 0.4) is 0 Å². The van der Waals surface area contributed by atoms with Gasteiger partial charge in [0.2, 0.25) is 0 Å². The lowest BCUT2D eigenvalue weighted by molar-refractivity contribution is -0.138. The number of rotatable bonds is 4. The van der Waals surface area contributed by atoms with Gasteiger partial charge in [-0.3, -0.25) is 0 Å². The average molecular weight is 298 g/mol. The van der Waals surface area contributed by atoms with Crippen molar-refractivity contribution in [2.45, 2.75) is 32.7 Å². The molecule has 92 valence electrons. The summed E-state index contributed by atoms with van der Waals surface area (Å²) in [5, 5.41) is 12.3. The first-order chi connectivity index (χ1) is 7.99. The Morgan fingerprint density at radius 1 is 1.41 bits per heavy atom. The number of carboxylic acids is 1. The van der Waals surface area contributed by atoms with Gasteiger partial charge in [-0.05, 0) is 55.9 Å². The molecule has 1 saturated carbocycles. The van der Waals surface area contributed by atoms with Gasteiger partial charge in [0.15, 0.2) is 0 Å². The summed E-state index contributed by atoms with van der Waals surface area (Å²) in [6, 6.07) is 3.51. The Morgan fingerprint density at radius 3 is 2.35 bits per heavy atom. The predicted octanol–water partition coefficient (Wildman–Crippen LogP) is 3.34. The lowest BCUT2D eigenvalue weighted by Crippen LogP contribution is -2.31. The largest absolute Gasteiger partial charge is 0.480 e. The summed E-state index contributed by atoms with van der Waals surface area (Å²) < 4.78 is 1.08. The zero-order valence-corrected chi connectivity index (χ0v) is 11.5. The van der Waals surface area contributed by atoms with Crippen LogP contribution in [-0.4, -0.2) is 17.1 Å². The van der Waals surface area contributed by atoms with Crippen LogP contribution in [-0.2, 0) is 4.79 Å². The van der Waals surface area contributed by atoms with Gasteiger partial charge >= 0.3 is 5.97 Å². The molecule has 1 fully saturated rings. The van der Waals surface area contributed by atoms with Crippen LogP contribution >= 0.6 is 15.9 Å². The third kappa shape index (κ3) is 2.80. The van der Waals surface area contributed by atoms with Crippen molar-refractivity contribution in [2.75, 3.05) is 5.32 Å². The topological polar surface area (TPSA) is 49.3 Å². The summed E-state index contributed by atoms with van der Waals surface area (Å²) in [6.45, 7) is 4.02. The maximum atomic E-state index is 11.2. The molecule has 0 radical (unpaired) electrons. The van der Waals surface area contributed by atoms with Crippen LogP contribution in [0, 0.1) is 19.8 Å². The number of aryl methyl sites for hydroxylation is 2. The van der Waals surface area contributed by atoms with Gasteiger partial charge < -0.3 is 10.4 Å². The molecular formula is C13H16BrNO2. The number of aliphatic carboxylic acids is 1. The summed E-state index contributed by atoms with van der Waals surface area (Å²) in [6.07, 6.45) is 2.02. The van der Waals surface area contributed by atoms with Gasteiger partial charge in [-0.15, -0.1) is 0 Å². The van der Waals surface area contributed by atoms with Gasteiger partial charge in [0.25, 0.3) is 0 Å². The first-order valence-corrected chi connectivity index (χ1v) is 6.54. The van der Waals surface area contributed by atoms with Crippen LogP contribution in [0.25, 0.3) is 0 Å². The van der Waals surface area contributed by atoms with E-state index in [-0.39, 0.29) is 5.92 Å². The minimum atomic E-state index is -0.759. The monoisotopic (exact) mass is 297 g/mol. The van der Waals surface area contributed by atoms with Crippen molar-refractivity contribution in [1.82, 2.24) is 0 Å². The van der Waals surface area contributed by atoms with E-state index in [0.717, 1.165) is 34.1 Å². The number of nitrogens with one attached hydrogen (secondary N) is 1. The van der Waals surface area contributed by atoms with Gasteiger partial charge in [-0.1, -0.05) is 15.9 Å². The normalized spacial score (nSPS) is 16.6. The molecule has 0 saturated heterocycles. The SMILES string of the molecule is Cc1cc(NC(C(=O)O)C2CC2)cc(C)c1Br. The maximum absolute atomic E-state index is 11.2. The Hall–Kier alpha value is -1.03. The lowest BCUT2D eigenvalue weighted by Gasteiger charge is -2.16. The second kappa shape index (κ2) is 4.69. The van der Waals surface area contributed by atoms with Gasteiger partial charge in [0.05, 0.1) is 0 Å². The van der Waals surface area contributed by atoms with Crippen molar-refractivity contribution in [2.24, 2.45) is 5.92 Å². The third-order valence-corrected chi connectivity index (χ3v) is 4.37. The van der Waals surface area contributed by atoms with Crippen molar-refractivity contribution in [3.63, 3.8) is 0 Å². The molecule has 1 aromatic rings. The fourth-order valence-corrected chi connectivity index (χ4v) is 2.25. The van der Waals surface area contributed by atoms with Crippen LogP contribution in [0.15, 0.2) is 16.6 Å². The maximum Gasteiger partial charge on any atom is 0.326 e. The fraction of sp³-hybridized carbons (Fsp3) is 0.462. The second-order valence-corrected chi connectivity index (χ2v) is 5.51. The third-order valence-electron chi connectivity index (χ3n) is 3.12. The molecule has 2 rings (SSSR count). The first-order valence-electron chi connectivity index (χ1n) is 5.75. The van der Waals surface area contributed by atoms with E-state index in [2.05, 4.69) is 21.2 Å². The van der Waals surface area contributed by atoms with Crippen molar-refractivity contribution in [1.29, 1.82) is 0 Å². The van der Waals surface area contributed by atoms with Gasteiger partial charge in [0, 0.05) is 10.2 Å². The summed E-state index contributed by atoms with van der Waals surface area (Å²) >= 11 is 3.51. The van der Waals surface area contributed by atoms with E-state index < -0.39 is 12.0 Å². The molecule has 0 aromatic heterocycles. The predicted molar refractivity (Wildman–Crippen MR) is 71.4 cm³/mol. The quantitative estimate of drug-likeness (QED) is 0.896. The van der Waals surface area contributed by atoms with E-state index in [0.29, 0.717) is 0 Å². The van der Waals surface area contributed by atoms with Crippen LogP contribution in [0.2, 0.25) is 0 Å². The lowest BCUT2D eigenvalue weighted by atomic mass is 10.1. The highest BCUT2D eigenvalue weighted by molar-refractivity contribution is 9.10. The zero-order chi connectivity index (χ0) is 12.6. The van der Waals surface area contributed by atoms with Gasteiger partial charge in [-0.2, -0.15) is 0 Å². The van der Waals surface area contributed by atoms with E-state index in [1.807, 2.05) is 26.0 Å². The molecule has 0 aliphatic heterocycles. The molecule has 0 heterocycles. The molecule has 1 atom stereocenters. The minimum Gasteiger partial charge on any atom is -0.480 e. The molecule has 1 aliphatic rings. The summed E-state index contributed by atoms with van der Waals surface area (Å²) in [5.41, 5.74) is 3.13. The van der Waals surface area contributed by atoms with E-state index in [9.17, 15) is 4.79 Å². The number of anilines is 1. The number of halogens is 1. The molecule has 3 nitrogen and oxygen atoms in total. The highest BCUT2D eigenvalue weighted by Gasteiger charge is 2.36. The van der Waals surface area contributed by atoms with E-state index in [4.69, 9.17) is 5.11 Å². The molecule has 1 aromatic carbocycles. The van der Waals surface area contributed by atoms with Crippen LogP contribution in [0.5, 0.6) is 0 Å². The molecule has 0 spiro atoms. The molecular weight excluding hydrogens is 282 g/mol. The summed E-state index contributed by atoms with van der Waals surface area (Å²) in [7, 11) is 0. The summed E-state index contributed by atoms with van der Waals surface area (Å²) in [5.74, 6) is -0.470. The van der Waals surface area contributed by atoms with E-state index in [1.165, 1.54) is 0 Å². The van der Waals surface area contributed by atoms with Crippen LogP contribution in [0.1, 0.15) is 24.0 Å². The van der Waals surface area contributed by atoms with Crippen molar-refractivity contribution in [3.05, 3.63) is 27.7 Å². The second-order valence-electron chi connectivity index (χ2n) is 4.72. The zero-order valence-electron chi connectivity index (χ0n) is 9.96. The van der Waals surface area contributed by atoms with Gasteiger partial charge in [0.1, 0.15) is 6.04 Å². The molecule has 0 bridgehead atoms. The smallest absolute Gasteiger partial charge is 0.326 e. The van der Waals surface area contributed by atoms with Crippen molar-refractivity contribution >= 4 is 27.6 Å². The Labute approximate surface area is 109 Å². The molecule has 1 aliphatic carbocycles. The standard InChI is InChI=1S/C13H16BrNO2/c1-7-5-10(6-8(2)11(7)14)15-12(13(16)17)9-3-4-9/h5-6,9,12,15H,3-4H2,1-2H3,(H,16,17). The van der Waals surface area contributed by atoms with E-state index >= 15 is 0 Å². The highest BCUT2D eigenvalue weighted by atomic mass is 79.9. The Morgan fingerprint density at radius 2 is 1.94 bits per heavy atom. The average Bonchev–Trinajstić information content (AvgIpc) is 3.05. The minimum absolute atomic E-state index is 0.289. The molecule has 4 heteroatoms. The van der Waals surface area contributed by atoms with Crippen LogP contribution in [0.4, 0.5) is 5.69 Å². The van der Waals surface area contributed by atoms with Gasteiger partial charge in [-0.25, -0.2) is 4.79 Å². The summed E-state index contributed by atoms with van der Waals surface area (Å²) in [4.78, 5) is 11.2. The Kier molecular flexibility index (Phi) is 3.43. The first kappa shape index (κ1) is 12.4. The van der Waals surface area contributed by atoms with Crippen molar-refractivity contribution in [3.8, 4) is 0 Å². The fourth-order valence-electron chi connectivity index (χ4n) is 2.02. The molecule has 0 amide bonds.